The first kappa shape index (κ1) is 20.8. The Hall–Kier alpha value is -2.90. The highest BCUT2D eigenvalue weighted by atomic mass is 32.2. The Kier molecular flexibility index (Phi) is 6.20. The third kappa shape index (κ3) is 4.41. The minimum atomic E-state index is -3.81. The number of sulfonamides is 1. The van der Waals surface area contributed by atoms with Gasteiger partial charge in [0, 0.05) is 17.6 Å². The van der Waals surface area contributed by atoms with E-state index in [0.717, 1.165) is 15.1 Å². The van der Waals surface area contributed by atoms with Crippen molar-refractivity contribution in [3.05, 3.63) is 66.2 Å². The number of anilines is 1. The van der Waals surface area contributed by atoms with Crippen molar-refractivity contribution in [1.82, 2.24) is 4.31 Å². The molecule has 29 heavy (non-hydrogen) atoms. The Balaban J connectivity index is 1.81. The largest absolute Gasteiger partial charge is 0.496 e. The number of nitrogens with one attached hydrogen (secondary N) is 1. The first-order valence-corrected chi connectivity index (χ1v) is 10.7. The second-order valence-corrected chi connectivity index (χ2v) is 8.58. The van der Waals surface area contributed by atoms with Crippen molar-refractivity contribution >= 4 is 32.4 Å². The fourth-order valence-corrected chi connectivity index (χ4v) is 4.70. The number of benzene rings is 3. The molecule has 3 aromatic carbocycles. The molecule has 0 spiro atoms. The molecule has 3 aromatic rings. The minimum absolute atomic E-state index is 0.135. The van der Waals surface area contributed by atoms with Crippen molar-refractivity contribution < 1.29 is 17.9 Å². The molecule has 0 saturated heterocycles. The Bertz CT molecular complexity index is 1140. The van der Waals surface area contributed by atoms with Crippen LogP contribution in [0.5, 0.6) is 5.75 Å². The van der Waals surface area contributed by atoms with E-state index in [1.165, 1.54) is 13.2 Å². The summed E-state index contributed by atoms with van der Waals surface area (Å²) in [5, 5.41) is 4.74. The van der Waals surface area contributed by atoms with E-state index in [4.69, 9.17) is 4.74 Å². The number of amides is 1. The van der Waals surface area contributed by atoms with Crippen LogP contribution in [0.15, 0.2) is 65.6 Å². The fraction of sp³-hybridized carbons (Fsp3) is 0.227. The zero-order valence-corrected chi connectivity index (χ0v) is 17.5. The van der Waals surface area contributed by atoms with Crippen LogP contribution in [-0.4, -0.2) is 38.8 Å². The summed E-state index contributed by atoms with van der Waals surface area (Å²) >= 11 is 0. The summed E-state index contributed by atoms with van der Waals surface area (Å²) in [5.74, 6) is 0.220. The summed E-state index contributed by atoms with van der Waals surface area (Å²) in [7, 11) is -2.28. The van der Waals surface area contributed by atoms with Gasteiger partial charge in [0.25, 0.3) is 0 Å². The molecule has 6 nitrogen and oxygen atoms in total. The maximum atomic E-state index is 13.0. The van der Waals surface area contributed by atoms with Crippen LogP contribution in [-0.2, 0) is 14.8 Å². The lowest BCUT2D eigenvalue weighted by atomic mass is 10.1. The Morgan fingerprint density at radius 3 is 2.48 bits per heavy atom. The number of carbonyl (C=O) groups excluding carboxylic acids is 1. The van der Waals surface area contributed by atoms with Crippen LogP contribution in [0.2, 0.25) is 0 Å². The monoisotopic (exact) mass is 412 g/mol. The van der Waals surface area contributed by atoms with E-state index in [0.29, 0.717) is 17.0 Å². The number of ether oxygens (including phenoxy) is 1. The molecule has 0 aromatic heterocycles. The van der Waals surface area contributed by atoms with Gasteiger partial charge in [-0.25, -0.2) is 8.42 Å². The van der Waals surface area contributed by atoms with Gasteiger partial charge in [0.2, 0.25) is 15.9 Å². The molecule has 0 aliphatic heterocycles. The number of hydrogen-bond donors (Lipinski definition) is 1. The lowest BCUT2D eigenvalue weighted by molar-refractivity contribution is -0.116. The second kappa shape index (κ2) is 8.63. The summed E-state index contributed by atoms with van der Waals surface area (Å²) in [5.41, 5.74) is 1.37. The molecule has 0 saturated carbocycles. The van der Waals surface area contributed by atoms with Crippen LogP contribution in [0.1, 0.15) is 12.5 Å². The molecular formula is C22H24N2O4S. The van der Waals surface area contributed by atoms with Crippen molar-refractivity contribution in [2.24, 2.45) is 0 Å². The third-order valence-corrected chi connectivity index (χ3v) is 6.66. The summed E-state index contributed by atoms with van der Waals surface area (Å²) < 4.78 is 32.4. The molecule has 152 valence electrons. The van der Waals surface area contributed by atoms with Gasteiger partial charge in [0.1, 0.15) is 5.75 Å². The second-order valence-electron chi connectivity index (χ2n) is 6.64. The maximum absolute atomic E-state index is 13.0. The van der Waals surface area contributed by atoms with Crippen molar-refractivity contribution in [1.29, 1.82) is 0 Å². The highest BCUT2D eigenvalue weighted by Crippen LogP contribution is 2.25. The van der Waals surface area contributed by atoms with Crippen molar-refractivity contribution in [3.63, 3.8) is 0 Å². The van der Waals surface area contributed by atoms with Gasteiger partial charge in [0.15, 0.2) is 0 Å². The molecule has 0 aliphatic rings. The van der Waals surface area contributed by atoms with Crippen molar-refractivity contribution in [2.75, 3.05) is 25.5 Å². The lowest BCUT2D eigenvalue weighted by Crippen LogP contribution is -2.37. The SMILES string of the molecule is CCN(CC(=O)Nc1cccc2ccccc12)S(=O)(=O)c1ccc(OC)c(C)c1. The molecule has 0 atom stereocenters. The molecule has 3 rings (SSSR count). The van der Waals surface area contributed by atoms with Gasteiger partial charge in [0.05, 0.1) is 18.6 Å². The number of fused-ring (bicyclic) bond motifs is 1. The Morgan fingerprint density at radius 2 is 1.79 bits per heavy atom. The number of carbonyl (C=O) groups is 1. The average molecular weight is 413 g/mol. The van der Waals surface area contributed by atoms with Gasteiger partial charge in [-0.3, -0.25) is 4.79 Å². The molecule has 0 heterocycles. The molecule has 7 heteroatoms. The summed E-state index contributed by atoms with van der Waals surface area (Å²) in [6.45, 7) is 3.39. The number of nitrogens with zero attached hydrogens (tertiary/aromatic N) is 1. The van der Waals surface area contributed by atoms with E-state index in [1.807, 2.05) is 36.4 Å². The summed E-state index contributed by atoms with van der Waals surface area (Å²) in [4.78, 5) is 12.8. The van der Waals surface area contributed by atoms with E-state index >= 15 is 0 Å². The van der Waals surface area contributed by atoms with Crippen LogP contribution in [0.4, 0.5) is 5.69 Å². The predicted octanol–water partition coefficient (Wildman–Crippen LogP) is 3.81. The average Bonchev–Trinajstić information content (AvgIpc) is 2.72. The third-order valence-electron chi connectivity index (χ3n) is 4.74. The molecule has 1 amide bonds. The Morgan fingerprint density at radius 1 is 1.07 bits per heavy atom. The number of rotatable bonds is 7. The summed E-state index contributed by atoms with van der Waals surface area (Å²) in [6, 6.07) is 18.0. The number of aryl methyl sites for hydroxylation is 1. The normalized spacial score (nSPS) is 11.6. The van der Waals surface area contributed by atoms with Gasteiger partial charge < -0.3 is 10.1 Å². The van der Waals surface area contributed by atoms with E-state index < -0.39 is 15.9 Å². The first-order chi connectivity index (χ1) is 13.9. The highest BCUT2D eigenvalue weighted by molar-refractivity contribution is 7.89. The zero-order chi connectivity index (χ0) is 21.0. The van der Waals surface area contributed by atoms with Crippen LogP contribution in [0.25, 0.3) is 10.8 Å². The minimum Gasteiger partial charge on any atom is -0.496 e. The van der Waals surface area contributed by atoms with Gasteiger partial charge in [-0.15, -0.1) is 0 Å². The molecule has 1 N–H and O–H groups in total. The standard InChI is InChI=1S/C22H24N2O4S/c1-4-24(29(26,27)18-12-13-21(28-3)16(2)14-18)15-22(25)23-20-11-7-9-17-8-5-6-10-19(17)20/h5-14H,4,15H2,1-3H3,(H,23,25). The van der Waals surface area contributed by atoms with Gasteiger partial charge in [-0.2, -0.15) is 4.31 Å². The summed E-state index contributed by atoms with van der Waals surface area (Å²) in [6.07, 6.45) is 0. The molecule has 0 unspecified atom stereocenters. The molecule has 0 bridgehead atoms. The number of methoxy groups -OCH3 is 1. The topological polar surface area (TPSA) is 75.7 Å². The van der Waals surface area contributed by atoms with E-state index in [-0.39, 0.29) is 18.0 Å². The van der Waals surface area contributed by atoms with Gasteiger partial charge >= 0.3 is 0 Å². The highest BCUT2D eigenvalue weighted by Gasteiger charge is 2.26. The fourth-order valence-electron chi connectivity index (χ4n) is 3.21. The van der Waals surface area contributed by atoms with Crippen molar-refractivity contribution in [2.45, 2.75) is 18.7 Å². The predicted molar refractivity (Wildman–Crippen MR) is 115 cm³/mol. The van der Waals surface area contributed by atoms with Crippen LogP contribution in [0, 0.1) is 6.92 Å². The van der Waals surface area contributed by atoms with E-state index in [2.05, 4.69) is 5.32 Å². The smallest absolute Gasteiger partial charge is 0.243 e. The molecule has 0 radical (unpaired) electrons. The van der Waals surface area contributed by atoms with Crippen LogP contribution >= 0.6 is 0 Å². The molecule has 0 fully saturated rings. The van der Waals surface area contributed by atoms with Crippen LogP contribution in [0.3, 0.4) is 0 Å². The van der Waals surface area contributed by atoms with E-state index in [1.54, 1.807) is 32.0 Å². The van der Waals surface area contributed by atoms with Crippen molar-refractivity contribution in [3.8, 4) is 5.75 Å². The van der Waals surface area contributed by atoms with E-state index in [9.17, 15) is 13.2 Å². The zero-order valence-electron chi connectivity index (χ0n) is 16.7. The molecular weight excluding hydrogens is 388 g/mol. The quantitative estimate of drug-likeness (QED) is 0.640. The number of likely N-dealkylation sites (N-methyl/N-ethyl adjacent to an activating group) is 1. The lowest BCUT2D eigenvalue weighted by Gasteiger charge is -2.21. The number of hydrogen-bond acceptors (Lipinski definition) is 4. The van der Waals surface area contributed by atoms with Crippen LogP contribution < -0.4 is 10.1 Å². The molecule has 0 aliphatic carbocycles. The van der Waals surface area contributed by atoms with Gasteiger partial charge in [-0.05, 0) is 42.1 Å². The first-order valence-electron chi connectivity index (χ1n) is 9.29. The van der Waals surface area contributed by atoms with Gasteiger partial charge in [-0.1, -0.05) is 43.3 Å². The Labute approximate surface area is 171 Å². The maximum Gasteiger partial charge on any atom is 0.243 e.